The first-order chi connectivity index (χ1) is 7.69. The molecule has 2 saturated heterocycles. The van der Waals surface area contributed by atoms with Gasteiger partial charge in [-0.05, 0) is 18.4 Å². The predicted molar refractivity (Wildman–Crippen MR) is 63.1 cm³/mol. The van der Waals surface area contributed by atoms with E-state index in [0.29, 0.717) is 11.9 Å². The van der Waals surface area contributed by atoms with Crippen LogP contribution in [0.5, 0.6) is 0 Å². The number of rotatable bonds is 1. The van der Waals surface area contributed by atoms with Crippen molar-refractivity contribution in [3.05, 3.63) is 35.9 Å². The van der Waals surface area contributed by atoms with Crippen molar-refractivity contribution in [1.29, 1.82) is 0 Å². The van der Waals surface area contributed by atoms with E-state index < -0.39 is 0 Å². The first kappa shape index (κ1) is 9.88. The van der Waals surface area contributed by atoms with E-state index in [1.54, 1.807) is 0 Å². The van der Waals surface area contributed by atoms with Crippen LogP contribution in [-0.2, 0) is 10.2 Å². The fraction of sp³-hybridized carbons (Fsp3) is 0.500. The molecule has 0 radical (unpaired) electrons. The molecule has 1 aromatic carbocycles. The highest BCUT2D eigenvalue weighted by atomic mass is 16.2. The second-order valence-corrected chi connectivity index (χ2v) is 5.34. The molecular formula is C14H17NO. The van der Waals surface area contributed by atoms with Crippen LogP contribution in [0.25, 0.3) is 0 Å². The monoisotopic (exact) mass is 215 g/mol. The summed E-state index contributed by atoms with van der Waals surface area (Å²) >= 11 is 0. The molecule has 1 aromatic rings. The molecule has 3 rings (SSSR count). The third-order valence-corrected chi connectivity index (χ3v) is 4.13. The standard InChI is InChI=1S/C14H17NO/c1-14(11-5-3-2-4-6-11)9-12-7-8-13(16)15(12)10-14/h2-6,12H,7-10H2,1H3/t12-,14+/m1/s1. The molecule has 0 bridgehead atoms. The normalized spacial score (nSPS) is 33.2. The maximum atomic E-state index is 11.7. The van der Waals surface area contributed by atoms with Crippen molar-refractivity contribution in [2.75, 3.05) is 6.54 Å². The van der Waals surface area contributed by atoms with Crippen LogP contribution in [0.2, 0.25) is 0 Å². The summed E-state index contributed by atoms with van der Waals surface area (Å²) in [5.74, 6) is 0.352. The van der Waals surface area contributed by atoms with Crippen LogP contribution >= 0.6 is 0 Å². The van der Waals surface area contributed by atoms with E-state index in [0.717, 1.165) is 25.8 Å². The first-order valence-electron chi connectivity index (χ1n) is 6.04. The highest BCUT2D eigenvalue weighted by Crippen LogP contribution is 2.42. The van der Waals surface area contributed by atoms with E-state index in [-0.39, 0.29) is 5.41 Å². The van der Waals surface area contributed by atoms with Gasteiger partial charge < -0.3 is 4.90 Å². The Hall–Kier alpha value is -1.31. The fourth-order valence-electron chi connectivity index (χ4n) is 3.23. The minimum absolute atomic E-state index is 0.169. The minimum atomic E-state index is 0.169. The number of nitrogens with zero attached hydrogens (tertiary/aromatic N) is 1. The van der Waals surface area contributed by atoms with Crippen molar-refractivity contribution >= 4 is 5.91 Å². The zero-order chi connectivity index (χ0) is 11.2. The maximum absolute atomic E-state index is 11.7. The summed E-state index contributed by atoms with van der Waals surface area (Å²) in [7, 11) is 0. The number of hydrogen-bond acceptors (Lipinski definition) is 1. The molecule has 0 unspecified atom stereocenters. The second-order valence-electron chi connectivity index (χ2n) is 5.34. The van der Waals surface area contributed by atoms with Crippen LogP contribution in [0.15, 0.2) is 30.3 Å². The molecular weight excluding hydrogens is 198 g/mol. The Balaban J connectivity index is 1.90. The smallest absolute Gasteiger partial charge is 0.222 e. The van der Waals surface area contributed by atoms with E-state index in [2.05, 4.69) is 36.1 Å². The van der Waals surface area contributed by atoms with Gasteiger partial charge in [0.25, 0.3) is 0 Å². The van der Waals surface area contributed by atoms with Crippen molar-refractivity contribution in [3.8, 4) is 0 Å². The lowest BCUT2D eigenvalue weighted by atomic mass is 9.80. The van der Waals surface area contributed by atoms with Gasteiger partial charge in [-0.1, -0.05) is 37.3 Å². The molecule has 0 aromatic heterocycles. The highest BCUT2D eigenvalue weighted by molar-refractivity contribution is 5.79. The summed E-state index contributed by atoms with van der Waals surface area (Å²) in [6.07, 6.45) is 2.94. The van der Waals surface area contributed by atoms with Gasteiger partial charge in [-0.15, -0.1) is 0 Å². The van der Waals surface area contributed by atoms with Crippen LogP contribution in [0.3, 0.4) is 0 Å². The number of fused-ring (bicyclic) bond motifs is 1. The maximum Gasteiger partial charge on any atom is 0.222 e. The number of carbonyl (C=O) groups is 1. The number of carbonyl (C=O) groups excluding carboxylic acids is 1. The lowest BCUT2D eigenvalue weighted by Crippen LogP contribution is -2.31. The van der Waals surface area contributed by atoms with Gasteiger partial charge >= 0.3 is 0 Å². The molecule has 2 fully saturated rings. The van der Waals surface area contributed by atoms with Gasteiger partial charge in [0.15, 0.2) is 0 Å². The summed E-state index contributed by atoms with van der Waals surface area (Å²) in [6, 6.07) is 11.1. The van der Waals surface area contributed by atoms with Gasteiger partial charge in [-0.2, -0.15) is 0 Å². The SMILES string of the molecule is C[C@]1(c2ccccc2)C[C@H]2CCC(=O)N2C1. The average molecular weight is 215 g/mol. The van der Waals surface area contributed by atoms with Crippen molar-refractivity contribution in [1.82, 2.24) is 4.90 Å². The summed E-state index contributed by atoms with van der Waals surface area (Å²) < 4.78 is 0. The Morgan fingerprint density at radius 1 is 1.31 bits per heavy atom. The second kappa shape index (κ2) is 3.34. The van der Waals surface area contributed by atoms with Gasteiger partial charge in [0, 0.05) is 24.4 Å². The number of hydrogen-bond donors (Lipinski definition) is 0. The molecule has 0 saturated carbocycles. The van der Waals surface area contributed by atoms with Crippen molar-refractivity contribution in [2.45, 2.75) is 37.6 Å². The highest BCUT2D eigenvalue weighted by Gasteiger charge is 2.46. The molecule has 1 amide bonds. The lowest BCUT2D eigenvalue weighted by Gasteiger charge is -2.24. The topological polar surface area (TPSA) is 20.3 Å². The van der Waals surface area contributed by atoms with Crippen LogP contribution in [0.4, 0.5) is 0 Å². The molecule has 16 heavy (non-hydrogen) atoms. The summed E-state index contributed by atoms with van der Waals surface area (Å²) in [6.45, 7) is 3.19. The molecule has 0 N–H and O–H groups in total. The Morgan fingerprint density at radius 2 is 2.06 bits per heavy atom. The van der Waals surface area contributed by atoms with Gasteiger partial charge in [0.1, 0.15) is 0 Å². The molecule has 0 aliphatic carbocycles. The van der Waals surface area contributed by atoms with Gasteiger partial charge in [-0.25, -0.2) is 0 Å². The Bertz CT molecular complexity index is 414. The van der Waals surface area contributed by atoms with Crippen molar-refractivity contribution in [3.63, 3.8) is 0 Å². The summed E-state index contributed by atoms with van der Waals surface area (Å²) in [4.78, 5) is 13.8. The third kappa shape index (κ3) is 1.36. The van der Waals surface area contributed by atoms with Crippen LogP contribution < -0.4 is 0 Å². The Labute approximate surface area is 96.3 Å². The van der Waals surface area contributed by atoms with Crippen LogP contribution in [-0.4, -0.2) is 23.4 Å². The molecule has 2 atom stereocenters. The molecule has 2 heterocycles. The zero-order valence-electron chi connectivity index (χ0n) is 9.65. The van der Waals surface area contributed by atoms with Crippen LogP contribution in [0, 0.1) is 0 Å². The lowest BCUT2D eigenvalue weighted by molar-refractivity contribution is -0.128. The fourth-order valence-corrected chi connectivity index (χ4v) is 3.23. The first-order valence-corrected chi connectivity index (χ1v) is 6.04. The Kier molecular flexibility index (Phi) is 2.06. The zero-order valence-corrected chi connectivity index (χ0v) is 9.65. The van der Waals surface area contributed by atoms with E-state index >= 15 is 0 Å². The summed E-state index contributed by atoms with van der Waals surface area (Å²) in [5.41, 5.74) is 1.54. The quantitative estimate of drug-likeness (QED) is 0.704. The van der Waals surface area contributed by atoms with Crippen molar-refractivity contribution < 1.29 is 4.79 Å². The van der Waals surface area contributed by atoms with Crippen LogP contribution in [0.1, 0.15) is 31.7 Å². The van der Waals surface area contributed by atoms with E-state index in [4.69, 9.17) is 0 Å². The molecule has 0 spiro atoms. The van der Waals surface area contributed by atoms with Crippen molar-refractivity contribution in [2.24, 2.45) is 0 Å². The molecule has 84 valence electrons. The van der Waals surface area contributed by atoms with Gasteiger partial charge in [0.05, 0.1) is 0 Å². The minimum Gasteiger partial charge on any atom is -0.339 e. The molecule has 2 nitrogen and oxygen atoms in total. The van der Waals surface area contributed by atoms with E-state index in [1.165, 1.54) is 5.56 Å². The molecule has 2 aliphatic heterocycles. The Morgan fingerprint density at radius 3 is 2.75 bits per heavy atom. The largest absolute Gasteiger partial charge is 0.339 e. The predicted octanol–water partition coefficient (Wildman–Crippen LogP) is 2.34. The molecule has 2 heteroatoms. The number of amides is 1. The summed E-state index contributed by atoms with van der Waals surface area (Å²) in [5, 5.41) is 0. The number of benzene rings is 1. The third-order valence-electron chi connectivity index (χ3n) is 4.13. The van der Waals surface area contributed by atoms with E-state index in [1.807, 2.05) is 6.07 Å². The van der Waals surface area contributed by atoms with Gasteiger partial charge in [-0.3, -0.25) is 4.79 Å². The molecule has 2 aliphatic rings. The van der Waals surface area contributed by atoms with E-state index in [9.17, 15) is 4.79 Å². The van der Waals surface area contributed by atoms with Gasteiger partial charge in [0.2, 0.25) is 5.91 Å². The average Bonchev–Trinajstić information content (AvgIpc) is 2.80.